The fourth-order valence-electron chi connectivity index (χ4n) is 8.09. The van der Waals surface area contributed by atoms with Gasteiger partial charge < -0.3 is 14.2 Å². The van der Waals surface area contributed by atoms with Crippen molar-refractivity contribution in [2.24, 2.45) is 0 Å². The zero-order chi connectivity index (χ0) is 48.6. The van der Waals surface area contributed by atoms with Crippen LogP contribution in [0.1, 0.15) is 290 Å². The summed E-state index contributed by atoms with van der Waals surface area (Å²) in [5.41, 5.74) is 0. The molecule has 0 rings (SSSR count). The number of carbonyl (C=O) groups excluding carboxylic acids is 3. The normalized spacial score (nSPS) is 12.5. The fourth-order valence-corrected chi connectivity index (χ4v) is 8.09. The molecule has 67 heavy (non-hydrogen) atoms. The summed E-state index contributed by atoms with van der Waals surface area (Å²) in [6.45, 7) is 6.55. The number of ether oxygens (including phenoxy) is 3. The molecule has 0 aliphatic carbocycles. The Kier molecular flexibility index (Phi) is 53.3. The van der Waals surface area contributed by atoms with Gasteiger partial charge >= 0.3 is 17.9 Å². The number of unbranched alkanes of at least 4 members (excludes halogenated alkanes) is 31. The number of esters is 3. The summed E-state index contributed by atoms with van der Waals surface area (Å²) in [4.78, 5) is 38.1. The minimum absolute atomic E-state index is 0.0827. The second-order valence-corrected chi connectivity index (χ2v) is 19.2. The molecule has 6 heteroatoms. The van der Waals surface area contributed by atoms with Crippen LogP contribution in [-0.4, -0.2) is 37.2 Å². The minimum atomic E-state index is -0.785. The van der Waals surface area contributed by atoms with Gasteiger partial charge in [0.1, 0.15) is 13.2 Å². The van der Waals surface area contributed by atoms with Crippen molar-refractivity contribution in [1.82, 2.24) is 0 Å². The Balaban J connectivity index is 4.29. The van der Waals surface area contributed by atoms with Crippen LogP contribution in [0.25, 0.3) is 0 Å². The maximum atomic E-state index is 12.8. The quantitative estimate of drug-likeness (QED) is 0.0262. The second kappa shape index (κ2) is 55.7. The number of hydrogen-bond acceptors (Lipinski definition) is 6. The highest BCUT2D eigenvalue weighted by Gasteiger charge is 2.19. The average molecular weight is 938 g/mol. The molecule has 1 atom stereocenters. The molecule has 0 bridgehead atoms. The van der Waals surface area contributed by atoms with Gasteiger partial charge in [0, 0.05) is 19.3 Å². The van der Waals surface area contributed by atoms with Gasteiger partial charge in [-0.15, -0.1) is 0 Å². The molecule has 6 nitrogen and oxygen atoms in total. The minimum Gasteiger partial charge on any atom is -0.462 e. The lowest BCUT2D eigenvalue weighted by atomic mass is 10.0. The van der Waals surface area contributed by atoms with Gasteiger partial charge in [-0.05, 0) is 103 Å². The fraction of sp³-hybridized carbons (Fsp3) is 0.787. The van der Waals surface area contributed by atoms with Crippen LogP contribution in [0.2, 0.25) is 0 Å². The highest BCUT2D eigenvalue weighted by molar-refractivity contribution is 5.71. The molecule has 0 saturated carbocycles. The van der Waals surface area contributed by atoms with Gasteiger partial charge in [0.25, 0.3) is 0 Å². The average Bonchev–Trinajstić information content (AvgIpc) is 3.33. The third kappa shape index (κ3) is 53.9. The van der Waals surface area contributed by atoms with Crippen LogP contribution in [0.3, 0.4) is 0 Å². The molecule has 0 spiro atoms. The van der Waals surface area contributed by atoms with Gasteiger partial charge in [0.15, 0.2) is 6.10 Å². The standard InChI is InChI=1S/C61H108O6/c1-4-7-10-13-16-19-22-25-26-27-28-29-30-31-32-33-34-37-39-42-45-48-51-54-60(63)66-57-58(67-61(64)55-52-49-46-43-40-36-24-21-18-15-12-9-6-3)56-65-59(62)53-50-47-44-41-38-35-23-20-17-14-11-8-5-2/h12,15,20-25,27-28,58H,4-11,13-14,16-19,26,29-57H2,1-3H3/b15-12-,23-20-,24-21-,25-22-,28-27-. The molecule has 0 saturated heterocycles. The van der Waals surface area contributed by atoms with Gasteiger partial charge in [-0.3, -0.25) is 14.4 Å². The van der Waals surface area contributed by atoms with E-state index in [1.165, 1.54) is 148 Å². The predicted molar refractivity (Wildman–Crippen MR) is 288 cm³/mol. The molecule has 0 N–H and O–H groups in total. The molecule has 0 fully saturated rings. The van der Waals surface area contributed by atoms with E-state index >= 15 is 0 Å². The zero-order valence-corrected chi connectivity index (χ0v) is 44.4. The summed E-state index contributed by atoms with van der Waals surface area (Å²) < 4.78 is 16.8. The first kappa shape index (κ1) is 64.1. The van der Waals surface area contributed by atoms with Crippen LogP contribution in [0, 0.1) is 0 Å². The summed E-state index contributed by atoms with van der Waals surface area (Å²) in [7, 11) is 0. The van der Waals surface area contributed by atoms with Crippen molar-refractivity contribution in [1.29, 1.82) is 0 Å². The van der Waals surface area contributed by atoms with Crippen molar-refractivity contribution in [2.75, 3.05) is 13.2 Å². The lowest BCUT2D eigenvalue weighted by molar-refractivity contribution is -0.167. The molecular weight excluding hydrogens is 829 g/mol. The van der Waals surface area contributed by atoms with Crippen molar-refractivity contribution >= 4 is 17.9 Å². The van der Waals surface area contributed by atoms with Gasteiger partial charge in [0.05, 0.1) is 0 Å². The molecule has 0 aliphatic heterocycles. The molecule has 0 amide bonds. The maximum absolute atomic E-state index is 12.8. The monoisotopic (exact) mass is 937 g/mol. The molecule has 1 unspecified atom stereocenters. The lowest BCUT2D eigenvalue weighted by Gasteiger charge is -2.18. The van der Waals surface area contributed by atoms with Gasteiger partial charge in [-0.25, -0.2) is 0 Å². The highest BCUT2D eigenvalue weighted by atomic mass is 16.6. The van der Waals surface area contributed by atoms with E-state index in [4.69, 9.17) is 14.2 Å². The van der Waals surface area contributed by atoms with E-state index < -0.39 is 6.10 Å². The molecule has 0 aliphatic rings. The van der Waals surface area contributed by atoms with E-state index in [-0.39, 0.29) is 31.1 Å². The molecule has 0 aromatic rings. The first-order valence-corrected chi connectivity index (χ1v) is 28.8. The van der Waals surface area contributed by atoms with Crippen molar-refractivity contribution < 1.29 is 28.6 Å². The lowest BCUT2D eigenvalue weighted by Crippen LogP contribution is -2.30. The Morgan fingerprint density at radius 2 is 0.567 bits per heavy atom. The summed E-state index contributed by atoms with van der Waals surface area (Å²) >= 11 is 0. The van der Waals surface area contributed by atoms with E-state index in [1.54, 1.807) is 0 Å². The predicted octanol–water partition coefficient (Wildman–Crippen LogP) is 19.2. The summed E-state index contributed by atoms with van der Waals surface area (Å²) in [5.74, 6) is -0.900. The molecule has 0 heterocycles. The van der Waals surface area contributed by atoms with Crippen molar-refractivity contribution in [3.05, 3.63) is 60.8 Å². The summed E-state index contributed by atoms with van der Waals surface area (Å²) in [5, 5.41) is 0. The maximum Gasteiger partial charge on any atom is 0.306 e. The Hall–Kier alpha value is -2.89. The molecular formula is C61H108O6. The van der Waals surface area contributed by atoms with E-state index in [0.29, 0.717) is 19.3 Å². The van der Waals surface area contributed by atoms with E-state index in [2.05, 4.69) is 81.5 Å². The van der Waals surface area contributed by atoms with E-state index in [1.807, 2.05) is 0 Å². The second-order valence-electron chi connectivity index (χ2n) is 19.2. The highest BCUT2D eigenvalue weighted by Crippen LogP contribution is 2.15. The topological polar surface area (TPSA) is 78.9 Å². The number of carbonyl (C=O) groups is 3. The Bertz CT molecular complexity index is 1210. The molecule has 0 aromatic heterocycles. The summed E-state index contributed by atoms with van der Waals surface area (Å²) in [6, 6.07) is 0. The largest absolute Gasteiger partial charge is 0.462 e. The van der Waals surface area contributed by atoms with Crippen LogP contribution < -0.4 is 0 Å². The van der Waals surface area contributed by atoms with E-state index in [9.17, 15) is 14.4 Å². The van der Waals surface area contributed by atoms with Crippen molar-refractivity contribution in [3.63, 3.8) is 0 Å². The Labute approximate surface area is 415 Å². The van der Waals surface area contributed by atoms with Crippen LogP contribution >= 0.6 is 0 Å². The third-order valence-electron chi connectivity index (χ3n) is 12.4. The van der Waals surface area contributed by atoms with Crippen LogP contribution in [0.15, 0.2) is 60.8 Å². The summed E-state index contributed by atoms with van der Waals surface area (Å²) in [6.07, 6.45) is 69.3. The van der Waals surface area contributed by atoms with Crippen LogP contribution in [0.5, 0.6) is 0 Å². The molecule has 0 aromatic carbocycles. The molecule has 388 valence electrons. The van der Waals surface area contributed by atoms with Gasteiger partial charge in [0.2, 0.25) is 0 Å². The van der Waals surface area contributed by atoms with Crippen molar-refractivity contribution in [2.45, 2.75) is 297 Å². The van der Waals surface area contributed by atoms with Crippen LogP contribution in [-0.2, 0) is 28.6 Å². The van der Waals surface area contributed by atoms with Gasteiger partial charge in [-0.1, -0.05) is 229 Å². The number of hydrogen-bond donors (Lipinski definition) is 0. The van der Waals surface area contributed by atoms with Crippen LogP contribution in [0.4, 0.5) is 0 Å². The Morgan fingerprint density at radius 1 is 0.299 bits per heavy atom. The number of allylic oxidation sites excluding steroid dienone is 10. The smallest absolute Gasteiger partial charge is 0.306 e. The SMILES string of the molecule is CCC/C=C\C/C=C\CCCCCCCC(=O)OC(COC(=O)CCCCCCC/C=C\CCCCCC)COC(=O)CCCCCCCCCCCCC/C=C\C/C=C\CCCCCCC. The third-order valence-corrected chi connectivity index (χ3v) is 12.4. The zero-order valence-electron chi connectivity index (χ0n) is 44.4. The first-order chi connectivity index (χ1) is 33.0. The van der Waals surface area contributed by atoms with Gasteiger partial charge in [-0.2, -0.15) is 0 Å². The Morgan fingerprint density at radius 3 is 0.910 bits per heavy atom. The number of rotatable bonds is 52. The van der Waals surface area contributed by atoms with E-state index in [0.717, 1.165) is 103 Å². The molecule has 0 radical (unpaired) electrons. The first-order valence-electron chi connectivity index (χ1n) is 28.8. The van der Waals surface area contributed by atoms with Crippen molar-refractivity contribution in [3.8, 4) is 0 Å².